The molecule has 1 aliphatic heterocycles. The molecule has 4 rings (SSSR count). The number of aromatic nitrogens is 2. The number of carbonyl (C=O) groups is 1. The Morgan fingerprint density at radius 1 is 1.31 bits per heavy atom. The Labute approximate surface area is 151 Å². The molecule has 2 atom stereocenters. The van der Waals surface area contributed by atoms with Gasteiger partial charge in [0.05, 0.1) is 12.6 Å². The molecule has 1 aromatic heterocycles. The fraction of sp³-hybridized carbons (Fsp3) is 0.300. The highest BCUT2D eigenvalue weighted by Gasteiger charge is 2.35. The molecular formula is C20H20FN3O2. The van der Waals surface area contributed by atoms with Gasteiger partial charge in [0, 0.05) is 6.04 Å². The lowest BCUT2D eigenvalue weighted by atomic mass is 10.0. The number of nitrogens with zero attached hydrogens (tertiary/aromatic N) is 3. The predicted octanol–water partition coefficient (Wildman–Crippen LogP) is 3.49. The lowest BCUT2D eigenvalue weighted by Crippen LogP contribution is -2.51. The van der Waals surface area contributed by atoms with Crippen LogP contribution in [0.2, 0.25) is 0 Å². The maximum atomic E-state index is 13.2. The zero-order chi connectivity index (χ0) is 18.1. The van der Waals surface area contributed by atoms with E-state index in [0.29, 0.717) is 25.3 Å². The second-order valence-corrected chi connectivity index (χ2v) is 6.62. The van der Waals surface area contributed by atoms with Crippen molar-refractivity contribution in [3.05, 3.63) is 71.8 Å². The zero-order valence-corrected chi connectivity index (χ0v) is 14.5. The van der Waals surface area contributed by atoms with Gasteiger partial charge in [-0.2, -0.15) is 5.10 Å². The van der Waals surface area contributed by atoms with Gasteiger partial charge >= 0.3 is 0 Å². The first kappa shape index (κ1) is 16.6. The summed E-state index contributed by atoms with van der Waals surface area (Å²) in [5.74, 6) is 0.442. The summed E-state index contributed by atoms with van der Waals surface area (Å²) in [4.78, 5) is 14.8. The minimum Gasteiger partial charge on any atom is -0.487 e. The number of fused-ring (bicyclic) bond motifs is 1. The Balaban J connectivity index is 1.51. The van der Waals surface area contributed by atoms with Gasteiger partial charge in [-0.3, -0.25) is 9.48 Å². The number of benzene rings is 1. The molecule has 1 aromatic carbocycles. The lowest BCUT2D eigenvalue weighted by molar-refractivity contribution is 0.0538. The molecule has 0 saturated carbocycles. The van der Waals surface area contributed by atoms with Gasteiger partial charge in [0.2, 0.25) is 0 Å². The van der Waals surface area contributed by atoms with E-state index in [1.54, 1.807) is 16.8 Å². The monoisotopic (exact) mass is 353 g/mol. The number of ether oxygens (including phenoxy) is 1. The van der Waals surface area contributed by atoms with Crippen LogP contribution in [0.1, 0.15) is 29.5 Å². The fourth-order valence-electron chi connectivity index (χ4n) is 3.46. The predicted molar refractivity (Wildman–Crippen MR) is 95.4 cm³/mol. The van der Waals surface area contributed by atoms with Gasteiger partial charge in [0.25, 0.3) is 5.91 Å². The van der Waals surface area contributed by atoms with Crippen LogP contribution in [0.15, 0.2) is 60.5 Å². The molecule has 2 aromatic rings. The van der Waals surface area contributed by atoms with Gasteiger partial charge in [-0.1, -0.05) is 24.3 Å². The van der Waals surface area contributed by atoms with Crippen LogP contribution in [0.4, 0.5) is 4.39 Å². The Kier molecular flexibility index (Phi) is 4.32. The van der Waals surface area contributed by atoms with Gasteiger partial charge in [0.15, 0.2) is 0 Å². The molecule has 1 amide bonds. The highest BCUT2D eigenvalue weighted by atomic mass is 19.1. The van der Waals surface area contributed by atoms with E-state index < -0.39 is 0 Å². The number of amides is 1. The van der Waals surface area contributed by atoms with Crippen molar-refractivity contribution in [3.63, 3.8) is 0 Å². The molecule has 5 nitrogen and oxygen atoms in total. The van der Waals surface area contributed by atoms with Gasteiger partial charge in [0.1, 0.15) is 29.6 Å². The Morgan fingerprint density at radius 3 is 2.85 bits per heavy atom. The van der Waals surface area contributed by atoms with E-state index in [-0.39, 0.29) is 23.8 Å². The molecule has 1 aliphatic carbocycles. The Morgan fingerprint density at radius 2 is 2.12 bits per heavy atom. The van der Waals surface area contributed by atoms with Crippen LogP contribution in [0.3, 0.4) is 0 Å². The smallest absolute Gasteiger partial charge is 0.272 e. The van der Waals surface area contributed by atoms with Crippen LogP contribution in [-0.2, 0) is 13.2 Å². The first-order chi connectivity index (χ1) is 12.6. The molecule has 26 heavy (non-hydrogen) atoms. The summed E-state index contributed by atoms with van der Waals surface area (Å²) in [6, 6.07) is 11.2. The average molecular weight is 353 g/mol. The molecule has 0 saturated heterocycles. The number of halogens is 1. The van der Waals surface area contributed by atoms with Crippen molar-refractivity contribution in [3.8, 4) is 5.75 Å². The van der Waals surface area contributed by atoms with Crippen molar-refractivity contribution in [1.29, 1.82) is 0 Å². The van der Waals surface area contributed by atoms with Crippen molar-refractivity contribution >= 4 is 5.91 Å². The number of allylic oxidation sites excluding steroid dienone is 2. The van der Waals surface area contributed by atoms with Crippen LogP contribution in [-0.4, -0.2) is 32.7 Å². The third-order valence-corrected chi connectivity index (χ3v) is 4.72. The first-order valence-electron chi connectivity index (χ1n) is 8.73. The van der Waals surface area contributed by atoms with E-state index in [2.05, 4.69) is 5.10 Å². The van der Waals surface area contributed by atoms with E-state index in [1.165, 1.54) is 12.2 Å². The number of rotatable bonds is 4. The summed E-state index contributed by atoms with van der Waals surface area (Å²) in [5, 5.41) is 4.51. The molecular weight excluding hydrogens is 333 g/mol. The summed E-state index contributed by atoms with van der Waals surface area (Å²) < 4.78 is 20.7. The standard InChI is InChI=1S/C20H20FN3O2/c1-14-12-23-19(20(25)24(14)17-9-7-15(21)8-10-17)11-16(22-23)13-26-18-5-3-2-4-6-18/h2-9,11,14,17H,10,12-13H2,1H3. The molecule has 134 valence electrons. The number of carbonyl (C=O) groups excluding carboxylic acids is 1. The molecule has 6 heteroatoms. The van der Waals surface area contributed by atoms with E-state index in [0.717, 1.165) is 11.4 Å². The molecule has 0 fully saturated rings. The molecule has 0 radical (unpaired) electrons. The van der Waals surface area contributed by atoms with E-state index in [4.69, 9.17) is 4.74 Å². The van der Waals surface area contributed by atoms with Gasteiger partial charge in [-0.05, 0) is 43.7 Å². The second-order valence-electron chi connectivity index (χ2n) is 6.62. The Hall–Kier alpha value is -2.89. The van der Waals surface area contributed by atoms with Crippen LogP contribution in [0.25, 0.3) is 0 Å². The number of hydrogen-bond acceptors (Lipinski definition) is 3. The van der Waals surface area contributed by atoms with Crippen molar-refractivity contribution < 1.29 is 13.9 Å². The maximum absolute atomic E-state index is 13.2. The van der Waals surface area contributed by atoms with Crippen LogP contribution >= 0.6 is 0 Å². The fourth-order valence-corrected chi connectivity index (χ4v) is 3.46. The third kappa shape index (κ3) is 3.14. The Bertz CT molecular complexity index is 872. The SMILES string of the molecule is CC1Cn2nc(COc3ccccc3)cc2C(=O)N1C1C=CC(F)=CC1. The van der Waals surface area contributed by atoms with E-state index in [1.807, 2.05) is 42.2 Å². The highest BCUT2D eigenvalue weighted by Crippen LogP contribution is 2.26. The van der Waals surface area contributed by atoms with Crippen LogP contribution < -0.4 is 4.74 Å². The quantitative estimate of drug-likeness (QED) is 0.845. The minimum atomic E-state index is -0.247. The maximum Gasteiger partial charge on any atom is 0.272 e. The molecule has 2 unspecified atom stereocenters. The van der Waals surface area contributed by atoms with Crippen molar-refractivity contribution in [2.45, 2.75) is 38.6 Å². The zero-order valence-electron chi connectivity index (χ0n) is 14.5. The molecule has 2 heterocycles. The number of para-hydroxylation sites is 1. The summed E-state index contributed by atoms with van der Waals surface area (Å²) in [5.41, 5.74) is 1.27. The minimum absolute atomic E-state index is 0.0120. The van der Waals surface area contributed by atoms with E-state index >= 15 is 0 Å². The molecule has 2 aliphatic rings. The van der Waals surface area contributed by atoms with Crippen molar-refractivity contribution in [2.24, 2.45) is 0 Å². The summed E-state index contributed by atoms with van der Waals surface area (Å²) in [7, 11) is 0. The molecule has 0 N–H and O–H groups in total. The van der Waals surface area contributed by atoms with Gasteiger partial charge < -0.3 is 9.64 Å². The largest absolute Gasteiger partial charge is 0.487 e. The topological polar surface area (TPSA) is 47.4 Å². The summed E-state index contributed by atoms with van der Waals surface area (Å²) in [6.45, 7) is 2.91. The second kappa shape index (κ2) is 6.78. The van der Waals surface area contributed by atoms with Crippen molar-refractivity contribution in [2.75, 3.05) is 0 Å². The third-order valence-electron chi connectivity index (χ3n) is 4.72. The van der Waals surface area contributed by atoms with Gasteiger partial charge in [-0.15, -0.1) is 0 Å². The normalized spacial score (nSPS) is 22.2. The molecule has 0 spiro atoms. The molecule has 0 bridgehead atoms. The highest BCUT2D eigenvalue weighted by molar-refractivity contribution is 5.94. The van der Waals surface area contributed by atoms with Crippen LogP contribution in [0.5, 0.6) is 5.75 Å². The van der Waals surface area contributed by atoms with Gasteiger partial charge in [-0.25, -0.2) is 4.39 Å². The van der Waals surface area contributed by atoms with Crippen LogP contribution in [0, 0.1) is 0 Å². The van der Waals surface area contributed by atoms with E-state index in [9.17, 15) is 9.18 Å². The average Bonchev–Trinajstić information content (AvgIpc) is 3.05. The first-order valence-corrected chi connectivity index (χ1v) is 8.73. The summed E-state index contributed by atoms with van der Waals surface area (Å²) >= 11 is 0. The lowest BCUT2D eigenvalue weighted by Gasteiger charge is -2.38. The van der Waals surface area contributed by atoms with Crippen molar-refractivity contribution in [1.82, 2.24) is 14.7 Å². The number of hydrogen-bond donors (Lipinski definition) is 0. The summed E-state index contributed by atoms with van der Waals surface area (Å²) in [6.07, 6.45) is 5.21.